The maximum atomic E-state index is 12.3. The molecule has 0 aliphatic carbocycles. The highest BCUT2D eigenvalue weighted by atomic mass is 35.5. The predicted octanol–water partition coefficient (Wildman–Crippen LogP) is 3.96. The molecule has 0 saturated heterocycles. The van der Waals surface area contributed by atoms with E-state index in [2.05, 4.69) is 0 Å². The highest BCUT2D eigenvalue weighted by molar-refractivity contribution is 6.30. The topological polar surface area (TPSA) is 35.5 Å². The Bertz CT molecular complexity index is 719. The molecule has 0 spiro atoms. The van der Waals surface area contributed by atoms with Gasteiger partial charge in [0.2, 0.25) is 5.78 Å². The molecule has 100 valence electrons. The number of fused-ring (bicyclic) bond motifs is 1. The van der Waals surface area contributed by atoms with Crippen molar-refractivity contribution < 1.29 is 14.3 Å². The highest BCUT2D eigenvalue weighted by Crippen LogP contribution is 2.34. The van der Waals surface area contributed by atoms with Crippen LogP contribution in [0.1, 0.15) is 15.9 Å². The number of halogens is 1. The van der Waals surface area contributed by atoms with Crippen LogP contribution in [0, 0.1) is 0 Å². The Labute approximate surface area is 121 Å². The summed E-state index contributed by atoms with van der Waals surface area (Å²) in [6.45, 7) is 0. The first-order valence-corrected chi connectivity index (χ1v) is 6.43. The molecule has 0 fully saturated rings. The Kier molecular flexibility index (Phi) is 3.20. The van der Waals surface area contributed by atoms with Gasteiger partial charge in [0.15, 0.2) is 5.76 Å². The minimum Gasteiger partial charge on any atom is -0.497 e. The molecule has 0 aromatic heterocycles. The summed E-state index contributed by atoms with van der Waals surface area (Å²) < 4.78 is 10.7. The van der Waals surface area contributed by atoms with Crippen molar-refractivity contribution in [1.82, 2.24) is 0 Å². The molecule has 1 aliphatic rings. The number of ketones is 1. The molecular weight excluding hydrogens is 276 g/mol. The van der Waals surface area contributed by atoms with E-state index in [1.165, 1.54) is 0 Å². The summed E-state index contributed by atoms with van der Waals surface area (Å²) in [6.07, 6.45) is 1.68. The van der Waals surface area contributed by atoms with Crippen molar-refractivity contribution in [1.29, 1.82) is 0 Å². The summed E-state index contributed by atoms with van der Waals surface area (Å²) in [5, 5.41) is 0.615. The van der Waals surface area contributed by atoms with Crippen molar-refractivity contribution in [2.75, 3.05) is 7.11 Å². The predicted molar refractivity (Wildman–Crippen MR) is 77.4 cm³/mol. The molecule has 0 atom stereocenters. The second-order valence-electron chi connectivity index (χ2n) is 4.36. The number of ether oxygens (including phenoxy) is 2. The van der Waals surface area contributed by atoms with Gasteiger partial charge < -0.3 is 9.47 Å². The average molecular weight is 287 g/mol. The zero-order valence-corrected chi connectivity index (χ0v) is 11.5. The molecule has 1 heterocycles. The van der Waals surface area contributed by atoms with Crippen LogP contribution in [-0.4, -0.2) is 12.9 Å². The first kappa shape index (κ1) is 12.8. The van der Waals surface area contributed by atoms with Gasteiger partial charge in [-0.25, -0.2) is 0 Å². The SMILES string of the molecule is COc1ccc2c(c1)C(=O)/C(=C/c1cccc(Cl)c1)O2. The lowest BCUT2D eigenvalue weighted by molar-refractivity contribution is 0.101. The first-order valence-electron chi connectivity index (χ1n) is 6.05. The van der Waals surface area contributed by atoms with Crippen LogP contribution in [0.25, 0.3) is 6.08 Å². The fourth-order valence-electron chi connectivity index (χ4n) is 2.04. The normalized spacial score (nSPS) is 15.1. The van der Waals surface area contributed by atoms with Crippen molar-refractivity contribution >= 4 is 23.5 Å². The van der Waals surface area contributed by atoms with Gasteiger partial charge in [0.1, 0.15) is 11.5 Å². The van der Waals surface area contributed by atoms with E-state index in [4.69, 9.17) is 21.1 Å². The maximum absolute atomic E-state index is 12.3. The lowest BCUT2D eigenvalue weighted by Gasteiger charge is -2.00. The van der Waals surface area contributed by atoms with E-state index in [1.54, 1.807) is 43.5 Å². The fourth-order valence-corrected chi connectivity index (χ4v) is 2.24. The molecular formula is C16H11ClO3. The van der Waals surface area contributed by atoms with E-state index in [-0.39, 0.29) is 11.5 Å². The van der Waals surface area contributed by atoms with Gasteiger partial charge in [0.25, 0.3) is 0 Å². The van der Waals surface area contributed by atoms with E-state index < -0.39 is 0 Å². The molecule has 3 nitrogen and oxygen atoms in total. The number of carbonyl (C=O) groups excluding carboxylic acids is 1. The standard InChI is InChI=1S/C16H11ClO3/c1-19-12-5-6-14-13(9-12)16(18)15(20-14)8-10-3-2-4-11(17)7-10/h2-9H,1H3/b15-8-. The molecule has 0 bridgehead atoms. The third-order valence-corrected chi connectivity index (χ3v) is 3.26. The Morgan fingerprint density at radius 1 is 1.20 bits per heavy atom. The van der Waals surface area contributed by atoms with Crippen molar-refractivity contribution in [3.63, 3.8) is 0 Å². The Morgan fingerprint density at radius 3 is 2.80 bits per heavy atom. The summed E-state index contributed by atoms with van der Waals surface area (Å²) >= 11 is 5.92. The third kappa shape index (κ3) is 2.28. The quantitative estimate of drug-likeness (QED) is 0.784. The number of allylic oxidation sites excluding steroid dienone is 1. The van der Waals surface area contributed by atoms with Crippen LogP contribution in [0.3, 0.4) is 0 Å². The minimum absolute atomic E-state index is 0.154. The highest BCUT2D eigenvalue weighted by Gasteiger charge is 2.27. The van der Waals surface area contributed by atoms with E-state index in [0.717, 1.165) is 5.56 Å². The van der Waals surface area contributed by atoms with E-state index in [0.29, 0.717) is 22.1 Å². The van der Waals surface area contributed by atoms with Gasteiger partial charge >= 0.3 is 0 Å². The van der Waals surface area contributed by atoms with Crippen LogP contribution >= 0.6 is 11.6 Å². The second-order valence-corrected chi connectivity index (χ2v) is 4.79. The Balaban J connectivity index is 1.97. The monoisotopic (exact) mass is 286 g/mol. The first-order chi connectivity index (χ1) is 9.67. The van der Waals surface area contributed by atoms with Gasteiger partial charge in [-0.2, -0.15) is 0 Å². The van der Waals surface area contributed by atoms with Crippen LogP contribution in [0.4, 0.5) is 0 Å². The maximum Gasteiger partial charge on any atom is 0.232 e. The van der Waals surface area contributed by atoms with Gasteiger partial charge in [-0.05, 0) is 42.0 Å². The van der Waals surface area contributed by atoms with Gasteiger partial charge in [0.05, 0.1) is 12.7 Å². The van der Waals surface area contributed by atoms with Gasteiger partial charge in [0, 0.05) is 5.02 Å². The summed E-state index contributed by atoms with van der Waals surface area (Å²) in [6, 6.07) is 12.4. The number of hydrogen-bond acceptors (Lipinski definition) is 3. The zero-order chi connectivity index (χ0) is 14.1. The van der Waals surface area contributed by atoms with Crippen LogP contribution in [0.15, 0.2) is 48.2 Å². The van der Waals surface area contributed by atoms with E-state index >= 15 is 0 Å². The lowest BCUT2D eigenvalue weighted by atomic mass is 10.1. The molecule has 0 unspecified atom stereocenters. The van der Waals surface area contributed by atoms with Gasteiger partial charge in [-0.1, -0.05) is 23.7 Å². The van der Waals surface area contributed by atoms with Crippen LogP contribution < -0.4 is 9.47 Å². The summed E-state index contributed by atoms with van der Waals surface area (Å²) in [5.74, 6) is 1.31. The second kappa shape index (κ2) is 5.02. The molecule has 20 heavy (non-hydrogen) atoms. The Hall–Kier alpha value is -2.26. The number of carbonyl (C=O) groups is 1. The van der Waals surface area contributed by atoms with Crippen LogP contribution in [0.2, 0.25) is 5.02 Å². The minimum atomic E-state index is -0.154. The molecule has 0 amide bonds. The van der Waals surface area contributed by atoms with E-state index in [9.17, 15) is 4.79 Å². The molecule has 0 saturated carbocycles. The number of methoxy groups -OCH3 is 1. The van der Waals surface area contributed by atoms with Gasteiger partial charge in [-0.15, -0.1) is 0 Å². The number of rotatable bonds is 2. The average Bonchev–Trinajstić information content (AvgIpc) is 2.75. The van der Waals surface area contributed by atoms with Crippen molar-refractivity contribution in [2.24, 2.45) is 0 Å². The van der Waals surface area contributed by atoms with Crippen LogP contribution in [0.5, 0.6) is 11.5 Å². The number of hydrogen-bond donors (Lipinski definition) is 0. The number of benzene rings is 2. The molecule has 0 radical (unpaired) electrons. The smallest absolute Gasteiger partial charge is 0.232 e. The molecule has 2 aromatic rings. The molecule has 4 heteroatoms. The van der Waals surface area contributed by atoms with E-state index in [1.807, 2.05) is 12.1 Å². The van der Waals surface area contributed by atoms with Crippen LogP contribution in [-0.2, 0) is 0 Å². The molecule has 1 aliphatic heterocycles. The van der Waals surface area contributed by atoms with Gasteiger partial charge in [-0.3, -0.25) is 4.79 Å². The third-order valence-electron chi connectivity index (χ3n) is 3.02. The largest absolute Gasteiger partial charge is 0.497 e. The van der Waals surface area contributed by atoms with Crippen molar-refractivity contribution in [2.45, 2.75) is 0 Å². The fraction of sp³-hybridized carbons (Fsp3) is 0.0625. The molecule has 2 aromatic carbocycles. The van der Waals surface area contributed by atoms with Crippen molar-refractivity contribution in [3.8, 4) is 11.5 Å². The van der Waals surface area contributed by atoms with Crippen molar-refractivity contribution in [3.05, 3.63) is 64.4 Å². The zero-order valence-electron chi connectivity index (χ0n) is 10.7. The molecule has 0 N–H and O–H groups in total. The summed E-state index contributed by atoms with van der Waals surface area (Å²) in [7, 11) is 1.56. The molecule has 3 rings (SSSR count). The number of Topliss-reactive ketones (excluding diaryl/α,β-unsaturated/α-hetero) is 1. The summed E-state index contributed by atoms with van der Waals surface area (Å²) in [5.41, 5.74) is 1.33. The lowest BCUT2D eigenvalue weighted by Crippen LogP contribution is -1.98. The Morgan fingerprint density at radius 2 is 2.05 bits per heavy atom. The summed E-state index contributed by atoms with van der Waals surface area (Å²) in [4.78, 5) is 12.3.